The third-order valence-electron chi connectivity index (χ3n) is 4.56. The van der Waals surface area contributed by atoms with Gasteiger partial charge in [-0.3, -0.25) is 19.7 Å². The Kier molecular flexibility index (Phi) is 8.09. The summed E-state index contributed by atoms with van der Waals surface area (Å²) in [7, 11) is 0. The molecule has 0 radical (unpaired) electrons. The number of non-ortho nitro benzene ring substituents is 1. The lowest BCUT2D eigenvalue weighted by Gasteiger charge is -2.20. The van der Waals surface area contributed by atoms with E-state index in [0.717, 1.165) is 30.6 Å². The van der Waals surface area contributed by atoms with E-state index in [4.69, 9.17) is 4.74 Å². The third kappa shape index (κ3) is 6.86. The standard InChI is InChI=1S/C19H26N2O5S/c1-13(18(22)20-15-7-5-3-4-6-8-15)26-19(23)14(2)27-17-11-9-16(10-12-17)21(24)25/h9-15H,3-8H2,1-2H3,(H,20,22)/t13-,14+/m1/s1. The molecule has 1 fully saturated rings. The maximum atomic E-state index is 12.3. The molecule has 1 aromatic rings. The monoisotopic (exact) mass is 394 g/mol. The van der Waals surface area contributed by atoms with Crippen LogP contribution in [-0.4, -0.2) is 34.2 Å². The molecular weight excluding hydrogens is 368 g/mol. The van der Waals surface area contributed by atoms with Crippen molar-refractivity contribution < 1.29 is 19.2 Å². The molecule has 0 aliphatic heterocycles. The van der Waals surface area contributed by atoms with Gasteiger partial charge in [0.05, 0.1) is 4.92 Å². The number of esters is 1. The number of benzene rings is 1. The lowest BCUT2D eigenvalue weighted by molar-refractivity contribution is -0.384. The number of nitro groups is 1. The predicted molar refractivity (Wildman–Crippen MR) is 104 cm³/mol. The van der Waals surface area contributed by atoms with Crippen LogP contribution in [0.25, 0.3) is 0 Å². The molecule has 2 atom stereocenters. The molecule has 1 aliphatic carbocycles. The molecule has 1 saturated carbocycles. The number of hydrogen-bond acceptors (Lipinski definition) is 6. The number of rotatable bonds is 7. The van der Waals surface area contributed by atoms with Gasteiger partial charge in [0.15, 0.2) is 6.10 Å². The van der Waals surface area contributed by atoms with E-state index in [0.29, 0.717) is 0 Å². The van der Waals surface area contributed by atoms with Crippen LogP contribution < -0.4 is 5.32 Å². The van der Waals surface area contributed by atoms with Crippen molar-refractivity contribution in [2.24, 2.45) is 0 Å². The largest absolute Gasteiger partial charge is 0.452 e. The van der Waals surface area contributed by atoms with Crippen molar-refractivity contribution in [1.29, 1.82) is 0 Å². The minimum atomic E-state index is -0.847. The summed E-state index contributed by atoms with van der Waals surface area (Å²) in [5.41, 5.74) is -0.00149. The highest BCUT2D eigenvalue weighted by Gasteiger charge is 2.25. The first kappa shape index (κ1) is 21.2. The summed E-state index contributed by atoms with van der Waals surface area (Å²) >= 11 is 1.24. The topological polar surface area (TPSA) is 98.5 Å². The van der Waals surface area contributed by atoms with Gasteiger partial charge in [-0.15, -0.1) is 11.8 Å². The van der Waals surface area contributed by atoms with Crippen molar-refractivity contribution in [1.82, 2.24) is 5.32 Å². The second-order valence-electron chi connectivity index (χ2n) is 6.79. The van der Waals surface area contributed by atoms with Gasteiger partial charge in [0, 0.05) is 23.1 Å². The maximum Gasteiger partial charge on any atom is 0.319 e. The molecule has 0 saturated heterocycles. The van der Waals surface area contributed by atoms with Crippen LogP contribution in [0.5, 0.6) is 0 Å². The quantitative estimate of drug-likeness (QED) is 0.248. The van der Waals surface area contributed by atoms with Crippen LogP contribution in [0, 0.1) is 10.1 Å². The van der Waals surface area contributed by atoms with Gasteiger partial charge in [-0.1, -0.05) is 25.7 Å². The molecule has 1 aliphatic rings. The molecule has 0 heterocycles. The van der Waals surface area contributed by atoms with Crippen molar-refractivity contribution in [3.63, 3.8) is 0 Å². The molecule has 27 heavy (non-hydrogen) atoms. The molecule has 7 nitrogen and oxygen atoms in total. The van der Waals surface area contributed by atoms with Crippen LogP contribution in [0.1, 0.15) is 52.4 Å². The molecule has 148 valence electrons. The number of amides is 1. The maximum absolute atomic E-state index is 12.3. The highest BCUT2D eigenvalue weighted by molar-refractivity contribution is 8.00. The van der Waals surface area contributed by atoms with Crippen LogP contribution in [0.3, 0.4) is 0 Å². The van der Waals surface area contributed by atoms with Gasteiger partial charge in [-0.05, 0) is 38.8 Å². The first-order valence-corrected chi connectivity index (χ1v) is 10.2. The average molecular weight is 394 g/mol. The van der Waals surface area contributed by atoms with Gasteiger partial charge in [0.25, 0.3) is 11.6 Å². The third-order valence-corrected chi connectivity index (χ3v) is 5.65. The zero-order valence-corrected chi connectivity index (χ0v) is 16.5. The zero-order chi connectivity index (χ0) is 19.8. The summed E-state index contributed by atoms with van der Waals surface area (Å²) < 4.78 is 5.30. The molecule has 1 amide bonds. The van der Waals surface area contributed by atoms with Gasteiger partial charge in [0.1, 0.15) is 5.25 Å². The average Bonchev–Trinajstić information content (AvgIpc) is 2.90. The molecule has 1 N–H and O–H groups in total. The fourth-order valence-corrected chi connectivity index (χ4v) is 3.82. The number of nitro benzene ring substituents is 1. The predicted octanol–water partition coefficient (Wildman–Crippen LogP) is 3.85. The van der Waals surface area contributed by atoms with E-state index in [-0.39, 0.29) is 17.6 Å². The number of carbonyl (C=O) groups is 2. The number of carbonyl (C=O) groups excluding carboxylic acids is 2. The number of thioether (sulfide) groups is 1. The number of nitrogens with one attached hydrogen (secondary N) is 1. The zero-order valence-electron chi connectivity index (χ0n) is 15.7. The first-order chi connectivity index (χ1) is 12.9. The van der Waals surface area contributed by atoms with E-state index < -0.39 is 22.2 Å². The van der Waals surface area contributed by atoms with Crippen molar-refractivity contribution >= 4 is 29.3 Å². The number of nitrogens with zero attached hydrogens (tertiary/aromatic N) is 1. The summed E-state index contributed by atoms with van der Waals surface area (Å²) in [6.45, 7) is 3.26. The highest BCUT2D eigenvalue weighted by Crippen LogP contribution is 2.26. The summed E-state index contributed by atoms with van der Waals surface area (Å²) in [6, 6.07) is 6.13. The molecule has 0 bridgehead atoms. The van der Waals surface area contributed by atoms with Crippen molar-refractivity contribution in [2.75, 3.05) is 0 Å². The molecule has 8 heteroatoms. The molecule has 0 spiro atoms. The Morgan fingerprint density at radius 3 is 2.30 bits per heavy atom. The minimum absolute atomic E-state index is 0.00149. The number of ether oxygens (including phenoxy) is 1. The van der Waals surface area contributed by atoms with Gasteiger partial charge < -0.3 is 10.1 Å². The second kappa shape index (κ2) is 10.3. The van der Waals surface area contributed by atoms with E-state index >= 15 is 0 Å². The fraction of sp³-hybridized carbons (Fsp3) is 0.579. The lowest BCUT2D eigenvalue weighted by Crippen LogP contribution is -2.42. The van der Waals surface area contributed by atoms with E-state index in [2.05, 4.69) is 5.32 Å². The first-order valence-electron chi connectivity index (χ1n) is 9.29. The molecule has 0 unspecified atom stereocenters. The summed E-state index contributed by atoms with van der Waals surface area (Å²) in [5.74, 6) is -0.746. The molecule has 1 aromatic carbocycles. The smallest absolute Gasteiger partial charge is 0.319 e. The van der Waals surface area contributed by atoms with Gasteiger partial charge in [-0.25, -0.2) is 0 Å². The Hall–Kier alpha value is -2.09. The van der Waals surface area contributed by atoms with Crippen LogP contribution in [0.4, 0.5) is 5.69 Å². The fourth-order valence-electron chi connectivity index (χ4n) is 2.96. The Labute approximate surface area is 163 Å². The molecule has 2 rings (SSSR count). The van der Waals surface area contributed by atoms with Crippen molar-refractivity contribution in [2.45, 2.75) is 74.7 Å². The highest BCUT2D eigenvalue weighted by atomic mass is 32.2. The molecule has 0 aromatic heterocycles. The SMILES string of the molecule is C[C@H](Sc1ccc([N+](=O)[O-])cc1)C(=O)O[C@H](C)C(=O)NC1CCCCCC1. The Morgan fingerprint density at radius 1 is 1.15 bits per heavy atom. The van der Waals surface area contributed by atoms with Crippen LogP contribution >= 0.6 is 11.8 Å². The van der Waals surface area contributed by atoms with E-state index in [9.17, 15) is 19.7 Å². The number of hydrogen-bond donors (Lipinski definition) is 1. The minimum Gasteiger partial charge on any atom is -0.452 e. The Balaban J connectivity index is 1.81. The van der Waals surface area contributed by atoms with Crippen molar-refractivity contribution in [3.05, 3.63) is 34.4 Å². The van der Waals surface area contributed by atoms with Gasteiger partial charge in [0.2, 0.25) is 0 Å². The summed E-state index contributed by atoms with van der Waals surface area (Å²) in [6.07, 6.45) is 5.73. The normalized spacial score (nSPS) is 17.4. The summed E-state index contributed by atoms with van der Waals surface area (Å²) in [5, 5.41) is 13.1. The second-order valence-corrected chi connectivity index (χ2v) is 8.20. The van der Waals surface area contributed by atoms with E-state index in [1.165, 1.54) is 36.7 Å². The Morgan fingerprint density at radius 2 is 1.74 bits per heavy atom. The lowest BCUT2D eigenvalue weighted by atomic mass is 10.1. The van der Waals surface area contributed by atoms with Gasteiger partial charge >= 0.3 is 5.97 Å². The van der Waals surface area contributed by atoms with Crippen LogP contribution in [0.15, 0.2) is 29.2 Å². The van der Waals surface area contributed by atoms with Crippen molar-refractivity contribution in [3.8, 4) is 0 Å². The van der Waals surface area contributed by atoms with Crippen LogP contribution in [-0.2, 0) is 14.3 Å². The van der Waals surface area contributed by atoms with Crippen LogP contribution in [0.2, 0.25) is 0 Å². The Bertz CT molecular complexity index is 657. The van der Waals surface area contributed by atoms with Gasteiger partial charge in [-0.2, -0.15) is 0 Å². The summed E-state index contributed by atoms with van der Waals surface area (Å²) in [4.78, 5) is 35.5. The van der Waals surface area contributed by atoms with E-state index in [1.54, 1.807) is 26.0 Å². The molecular formula is C19H26N2O5S. The van der Waals surface area contributed by atoms with E-state index in [1.807, 2.05) is 0 Å².